The lowest BCUT2D eigenvalue weighted by Gasteiger charge is -2.27. The summed E-state index contributed by atoms with van der Waals surface area (Å²) in [6.07, 6.45) is 1.87. The zero-order valence-electron chi connectivity index (χ0n) is 13.9. The van der Waals surface area contributed by atoms with Crippen LogP contribution in [0.15, 0.2) is 36.5 Å². The van der Waals surface area contributed by atoms with Crippen molar-refractivity contribution in [3.63, 3.8) is 0 Å². The molecule has 1 aliphatic rings. The molecule has 1 amide bonds. The summed E-state index contributed by atoms with van der Waals surface area (Å²) in [7, 11) is -3.08. The number of nitrogen functional groups attached to an aromatic ring is 1. The maximum atomic E-state index is 13.1. The summed E-state index contributed by atoms with van der Waals surface area (Å²) in [6, 6.07) is 8.94. The van der Waals surface area contributed by atoms with Crippen LogP contribution < -0.4 is 5.73 Å². The summed E-state index contributed by atoms with van der Waals surface area (Å²) >= 11 is 0. The third-order valence-electron chi connectivity index (χ3n) is 4.34. The Morgan fingerprint density at radius 2 is 2.04 bits per heavy atom. The monoisotopic (exact) mass is 360 g/mol. The first-order valence-electron chi connectivity index (χ1n) is 8.10. The van der Waals surface area contributed by atoms with Crippen LogP contribution in [0.3, 0.4) is 0 Å². The molecular weight excluding hydrogens is 340 g/mol. The fourth-order valence-electron chi connectivity index (χ4n) is 3.11. The number of carbonyl (C=O) groups excluding carboxylic acids is 1. The fraction of sp³-hybridized carbons (Fsp3) is 0.353. The molecule has 132 valence electrons. The van der Waals surface area contributed by atoms with Gasteiger partial charge < -0.3 is 10.6 Å². The Hall–Kier alpha value is -2.48. The molecule has 0 radical (unpaired) electrons. The van der Waals surface area contributed by atoms with Crippen molar-refractivity contribution in [1.82, 2.24) is 14.9 Å². The number of sulfone groups is 1. The van der Waals surface area contributed by atoms with Crippen molar-refractivity contribution < 1.29 is 13.2 Å². The highest BCUT2D eigenvalue weighted by atomic mass is 32.2. The van der Waals surface area contributed by atoms with Crippen molar-refractivity contribution in [2.24, 2.45) is 0 Å². The van der Waals surface area contributed by atoms with Gasteiger partial charge in [0, 0.05) is 24.3 Å². The molecule has 1 saturated heterocycles. The van der Waals surface area contributed by atoms with Gasteiger partial charge in [-0.05, 0) is 13.3 Å². The van der Waals surface area contributed by atoms with Gasteiger partial charge in [-0.2, -0.15) is 0 Å². The van der Waals surface area contributed by atoms with E-state index in [1.165, 1.54) is 6.20 Å². The Bertz CT molecular complexity index is 884. The lowest BCUT2D eigenvalue weighted by molar-refractivity contribution is 0.0708. The highest BCUT2D eigenvalue weighted by molar-refractivity contribution is 7.91. The first-order chi connectivity index (χ1) is 11.9. The number of aromatic nitrogens is 2. The number of rotatable bonds is 4. The zero-order valence-corrected chi connectivity index (χ0v) is 14.7. The number of hydrogen-bond acceptors (Lipinski definition) is 6. The number of benzene rings is 1. The molecule has 0 saturated carbocycles. The van der Waals surface area contributed by atoms with Gasteiger partial charge in [0.2, 0.25) is 5.95 Å². The summed E-state index contributed by atoms with van der Waals surface area (Å²) in [4.78, 5) is 22.9. The van der Waals surface area contributed by atoms with E-state index in [1.807, 2.05) is 37.3 Å². The molecule has 0 bridgehead atoms. The van der Waals surface area contributed by atoms with Crippen LogP contribution in [0, 0.1) is 0 Å². The minimum absolute atomic E-state index is 0.00306. The molecule has 8 heteroatoms. The summed E-state index contributed by atoms with van der Waals surface area (Å²) in [6.45, 7) is 2.25. The number of nitrogens with two attached hydrogens (primary N) is 1. The number of nitrogens with zero attached hydrogens (tertiary/aromatic N) is 3. The highest BCUT2D eigenvalue weighted by Crippen LogP contribution is 2.25. The fourth-order valence-corrected chi connectivity index (χ4v) is 4.84. The molecule has 1 aliphatic heterocycles. The van der Waals surface area contributed by atoms with Crippen molar-refractivity contribution in [2.75, 3.05) is 23.8 Å². The molecule has 25 heavy (non-hydrogen) atoms. The largest absolute Gasteiger partial charge is 0.368 e. The predicted octanol–water partition coefficient (Wildman–Crippen LogP) is 1.38. The van der Waals surface area contributed by atoms with E-state index >= 15 is 0 Å². The first-order valence-corrected chi connectivity index (χ1v) is 9.92. The first kappa shape index (κ1) is 17.3. The second kappa shape index (κ2) is 6.79. The molecule has 0 spiro atoms. The van der Waals surface area contributed by atoms with Crippen LogP contribution in [-0.2, 0) is 9.84 Å². The Morgan fingerprint density at radius 1 is 1.32 bits per heavy atom. The van der Waals surface area contributed by atoms with E-state index in [1.54, 1.807) is 4.90 Å². The van der Waals surface area contributed by atoms with Gasteiger partial charge in [0.05, 0.1) is 22.8 Å². The molecule has 1 aromatic carbocycles. The Balaban J connectivity index is 1.99. The van der Waals surface area contributed by atoms with Crippen molar-refractivity contribution in [3.8, 4) is 11.3 Å². The number of hydrogen-bond donors (Lipinski definition) is 1. The second-order valence-electron chi connectivity index (χ2n) is 6.00. The zero-order chi connectivity index (χ0) is 18.0. The highest BCUT2D eigenvalue weighted by Gasteiger charge is 2.35. The van der Waals surface area contributed by atoms with Gasteiger partial charge in [-0.3, -0.25) is 4.79 Å². The molecule has 1 unspecified atom stereocenters. The topological polar surface area (TPSA) is 106 Å². The van der Waals surface area contributed by atoms with E-state index < -0.39 is 9.84 Å². The SMILES string of the molecule is CCN(C(=O)c1cnc(N)nc1-c1ccccc1)C1CCS(=O)(=O)C1. The quantitative estimate of drug-likeness (QED) is 0.883. The maximum Gasteiger partial charge on any atom is 0.257 e. The van der Waals surface area contributed by atoms with Gasteiger partial charge in [-0.25, -0.2) is 18.4 Å². The molecule has 0 aliphatic carbocycles. The van der Waals surface area contributed by atoms with Gasteiger partial charge in [-0.1, -0.05) is 30.3 Å². The van der Waals surface area contributed by atoms with Crippen LogP contribution in [0.2, 0.25) is 0 Å². The van der Waals surface area contributed by atoms with Gasteiger partial charge in [-0.15, -0.1) is 0 Å². The van der Waals surface area contributed by atoms with Crippen LogP contribution in [0.4, 0.5) is 5.95 Å². The minimum Gasteiger partial charge on any atom is -0.368 e. The lowest BCUT2D eigenvalue weighted by Crippen LogP contribution is -2.41. The van der Waals surface area contributed by atoms with Crippen LogP contribution in [0.1, 0.15) is 23.7 Å². The number of anilines is 1. The molecule has 2 aromatic rings. The van der Waals surface area contributed by atoms with E-state index in [0.717, 1.165) is 5.56 Å². The van der Waals surface area contributed by atoms with Crippen LogP contribution in [0.25, 0.3) is 11.3 Å². The average molecular weight is 360 g/mol. The van der Waals surface area contributed by atoms with Gasteiger partial charge in [0.1, 0.15) is 0 Å². The molecular formula is C17H20N4O3S. The molecule has 1 aromatic heterocycles. The van der Waals surface area contributed by atoms with E-state index in [0.29, 0.717) is 24.2 Å². The lowest BCUT2D eigenvalue weighted by atomic mass is 10.1. The third kappa shape index (κ3) is 3.63. The third-order valence-corrected chi connectivity index (χ3v) is 6.09. The molecule has 7 nitrogen and oxygen atoms in total. The van der Waals surface area contributed by atoms with E-state index in [-0.39, 0.29) is 29.4 Å². The van der Waals surface area contributed by atoms with E-state index in [4.69, 9.17) is 5.73 Å². The maximum absolute atomic E-state index is 13.1. The Labute approximate surface area is 146 Å². The van der Waals surface area contributed by atoms with Crippen LogP contribution in [-0.4, -0.2) is 53.3 Å². The molecule has 3 rings (SSSR count). The Kier molecular flexibility index (Phi) is 4.71. The summed E-state index contributed by atoms with van der Waals surface area (Å²) in [5.74, 6) is -0.0701. The number of amides is 1. The van der Waals surface area contributed by atoms with Crippen molar-refractivity contribution in [1.29, 1.82) is 0 Å². The predicted molar refractivity (Wildman–Crippen MR) is 95.6 cm³/mol. The van der Waals surface area contributed by atoms with Crippen molar-refractivity contribution in [2.45, 2.75) is 19.4 Å². The van der Waals surface area contributed by atoms with Crippen LogP contribution in [0.5, 0.6) is 0 Å². The van der Waals surface area contributed by atoms with E-state index in [9.17, 15) is 13.2 Å². The summed E-state index contributed by atoms with van der Waals surface area (Å²) in [5, 5.41) is 0. The van der Waals surface area contributed by atoms with Crippen molar-refractivity contribution in [3.05, 3.63) is 42.1 Å². The normalized spacial score (nSPS) is 18.8. The summed E-state index contributed by atoms with van der Waals surface area (Å²) in [5.41, 5.74) is 7.25. The van der Waals surface area contributed by atoms with Gasteiger partial charge in [0.25, 0.3) is 5.91 Å². The average Bonchev–Trinajstić information content (AvgIpc) is 2.95. The molecule has 2 N–H and O–H groups in total. The molecule has 1 atom stereocenters. The molecule has 2 heterocycles. The second-order valence-corrected chi connectivity index (χ2v) is 8.23. The smallest absolute Gasteiger partial charge is 0.257 e. The van der Waals surface area contributed by atoms with Crippen LogP contribution >= 0.6 is 0 Å². The van der Waals surface area contributed by atoms with E-state index in [2.05, 4.69) is 9.97 Å². The molecule has 1 fully saturated rings. The Morgan fingerprint density at radius 3 is 2.64 bits per heavy atom. The summed E-state index contributed by atoms with van der Waals surface area (Å²) < 4.78 is 23.5. The standard InChI is InChI=1S/C17H20N4O3S/c1-2-21(13-8-9-25(23,24)11-13)16(22)14-10-19-17(18)20-15(14)12-6-4-3-5-7-12/h3-7,10,13H,2,8-9,11H2,1H3,(H2,18,19,20). The van der Waals surface area contributed by atoms with Gasteiger partial charge in [0.15, 0.2) is 9.84 Å². The van der Waals surface area contributed by atoms with Crippen molar-refractivity contribution >= 4 is 21.7 Å². The minimum atomic E-state index is -3.08. The van der Waals surface area contributed by atoms with Gasteiger partial charge >= 0.3 is 0 Å². The number of carbonyl (C=O) groups is 1.